The predicted molar refractivity (Wildman–Crippen MR) is 84.6 cm³/mol. The molecule has 6 nitrogen and oxygen atoms in total. The second kappa shape index (κ2) is 7.20. The first-order valence-corrected chi connectivity index (χ1v) is 7.27. The van der Waals surface area contributed by atoms with Crippen LogP contribution in [0.4, 0.5) is 0 Å². The van der Waals surface area contributed by atoms with E-state index in [4.69, 9.17) is 14.4 Å². The maximum Gasteiger partial charge on any atom is 0.338 e. The monoisotopic (exact) mass is 319 g/mol. The zero-order valence-corrected chi connectivity index (χ0v) is 12.7. The van der Waals surface area contributed by atoms with Crippen LogP contribution in [0, 0.1) is 11.3 Å². The van der Waals surface area contributed by atoms with Crippen molar-refractivity contribution >= 4 is 5.97 Å². The quantitative estimate of drug-likeness (QED) is 0.671. The number of nitrogens with zero attached hydrogens (tertiary/aromatic N) is 3. The van der Waals surface area contributed by atoms with Crippen molar-refractivity contribution in [1.29, 1.82) is 5.26 Å². The number of ether oxygens (including phenoxy) is 1. The maximum absolute atomic E-state index is 12.2. The fourth-order valence-electron chi connectivity index (χ4n) is 2.17. The molecule has 6 heteroatoms. The standard InChI is InChI=1S/C18H13N3O3/c19-11-10-13-6-4-5-9-15(13)18(22)23-12-16-20-21-17(24-16)14-7-2-1-3-8-14/h1-9H,10,12H2. The third-order valence-corrected chi connectivity index (χ3v) is 3.32. The van der Waals surface area contributed by atoms with Gasteiger partial charge in [-0.2, -0.15) is 5.26 Å². The number of hydrogen-bond acceptors (Lipinski definition) is 6. The van der Waals surface area contributed by atoms with Gasteiger partial charge in [0.25, 0.3) is 5.89 Å². The Morgan fingerprint density at radius 1 is 1.08 bits per heavy atom. The molecular weight excluding hydrogens is 306 g/mol. The summed E-state index contributed by atoms with van der Waals surface area (Å²) in [5.41, 5.74) is 1.78. The van der Waals surface area contributed by atoms with Crippen LogP contribution < -0.4 is 0 Å². The Balaban J connectivity index is 1.67. The second-order valence-electron chi connectivity index (χ2n) is 4.94. The Labute approximate surface area is 138 Å². The van der Waals surface area contributed by atoms with Crippen LogP contribution in [0.1, 0.15) is 21.8 Å². The molecule has 24 heavy (non-hydrogen) atoms. The first kappa shape index (κ1) is 15.4. The van der Waals surface area contributed by atoms with Gasteiger partial charge in [-0.05, 0) is 23.8 Å². The van der Waals surface area contributed by atoms with Crippen LogP contribution in [0.25, 0.3) is 11.5 Å². The smallest absolute Gasteiger partial charge is 0.338 e. The van der Waals surface area contributed by atoms with E-state index >= 15 is 0 Å². The van der Waals surface area contributed by atoms with Crippen LogP contribution in [0.5, 0.6) is 0 Å². The van der Waals surface area contributed by atoms with Crippen molar-refractivity contribution in [2.45, 2.75) is 13.0 Å². The number of hydrogen-bond donors (Lipinski definition) is 0. The Bertz CT molecular complexity index is 882. The molecule has 1 aromatic heterocycles. The summed E-state index contributed by atoms with van der Waals surface area (Å²) in [6.07, 6.45) is 0.143. The van der Waals surface area contributed by atoms with Gasteiger partial charge in [0, 0.05) is 5.56 Å². The minimum absolute atomic E-state index is 0.125. The van der Waals surface area contributed by atoms with Gasteiger partial charge in [0.05, 0.1) is 18.1 Å². The van der Waals surface area contributed by atoms with Crippen molar-refractivity contribution in [1.82, 2.24) is 10.2 Å². The topological polar surface area (TPSA) is 89.0 Å². The summed E-state index contributed by atoms with van der Waals surface area (Å²) >= 11 is 0. The Hall–Kier alpha value is -3.46. The minimum atomic E-state index is -0.527. The highest BCUT2D eigenvalue weighted by atomic mass is 16.5. The van der Waals surface area contributed by atoms with Gasteiger partial charge < -0.3 is 9.15 Å². The van der Waals surface area contributed by atoms with Gasteiger partial charge in [0.15, 0.2) is 6.61 Å². The van der Waals surface area contributed by atoms with Crippen molar-refractivity contribution < 1.29 is 13.9 Å². The van der Waals surface area contributed by atoms with Gasteiger partial charge >= 0.3 is 5.97 Å². The lowest BCUT2D eigenvalue weighted by atomic mass is 10.1. The van der Waals surface area contributed by atoms with E-state index in [1.54, 1.807) is 24.3 Å². The Morgan fingerprint density at radius 3 is 2.62 bits per heavy atom. The molecule has 2 aromatic carbocycles. The van der Waals surface area contributed by atoms with E-state index in [-0.39, 0.29) is 18.9 Å². The molecule has 0 saturated heterocycles. The van der Waals surface area contributed by atoms with Crippen molar-refractivity contribution in [3.63, 3.8) is 0 Å². The molecule has 0 aliphatic carbocycles. The molecule has 0 spiro atoms. The molecule has 0 unspecified atom stereocenters. The van der Waals surface area contributed by atoms with E-state index in [1.165, 1.54) is 0 Å². The maximum atomic E-state index is 12.2. The van der Waals surface area contributed by atoms with E-state index in [0.29, 0.717) is 17.0 Å². The molecular formula is C18H13N3O3. The molecule has 3 rings (SSSR count). The number of esters is 1. The van der Waals surface area contributed by atoms with E-state index < -0.39 is 5.97 Å². The Morgan fingerprint density at radius 2 is 1.83 bits per heavy atom. The molecule has 118 valence electrons. The number of nitriles is 1. The zero-order valence-electron chi connectivity index (χ0n) is 12.7. The summed E-state index contributed by atoms with van der Waals surface area (Å²) in [6.45, 7) is -0.125. The molecule has 0 N–H and O–H groups in total. The number of benzene rings is 2. The number of rotatable bonds is 5. The molecule has 0 radical (unpaired) electrons. The van der Waals surface area contributed by atoms with Crippen LogP contribution in [0.15, 0.2) is 59.0 Å². The van der Waals surface area contributed by atoms with Gasteiger partial charge in [-0.3, -0.25) is 0 Å². The molecule has 0 saturated carbocycles. The van der Waals surface area contributed by atoms with E-state index in [0.717, 1.165) is 5.56 Å². The number of carbonyl (C=O) groups is 1. The third-order valence-electron chi connectivity index (χ3n) is 3.32. The van der Waals surface area contributed by atoms with Gasteiger partial charge in [0.1, 0.15) is 0 Å². The average Bonchev–Trinajstić information content (AvgIpc) is 3.10. The summed E-state index contributed by atoms with van der Waals surface area (Å²) in [5, 5.41) is 16.6. The van der Waals surface area contributed by atoms with E-state index in [1.807, 2.05) is 36.4 Å². The first-order valence-electron chi connectivity index (χ1n) is 7.27. The fourth-order valence-corrected chi connectivity index (χ4v) is 2.17. The lowest BCUT2D eigenvalue weighted by molar-refractivity contribution is 0.0437. The SMILES string of the molecule is N#CCc1ccccc1C(=O)OCc1nnc(-c2ccccc2)o1. The molecule has 0 bridgehead atoms. The number of carbonyl (C=O) groups excluding carboxylic acids is 1. The van der Waals surface area contributed by atoms with Crippen molar-refractivity contribution in [3.05, 3.63) is 71.6 Å². The fraction of sp³-hybridized carbons (Fsp3) is 0.111. The molecule has 0 fully saturated rings. The minimum Gasteiger partial charge on any atom is -0.452 e. The highest BCUT2D eigenvalue weighted by Gasteiger charge is 2.14. The van der Waals surface area contributed by atoms with Crippen LogP contribution >= 0.6 is 0 Å². The van der Waals surface area contributed by atoms with Gasteiger partial charge in [-0.15, -0.1) is 10.2 Å². The summed E-state index contributed by atoms with van der Waals surface area (Å²) < 4.78 is 10.7. The largest absolute Gasteiger partial charge is 0.452 e. The zero-order chi connectivity index (χ0) is 16.8. The number of aromatic nitrogens is 2. The second-order valence-corrected chi connectivity index (χ2v) is 4.94. The summed E-state index contributed by atoms with van der Waals surface area (Å²) in [5.74, 6) is 0.0480. The lowest BCUT2D eigenvalue weighted by Crippen LogP contribution is -2.08. The van der Waals surface area contributed by atoms with Gasteiger partial charge in [0.2, 0.25) is 5.89 Å². The predicted octanol–water partition coefficient (Wildman–Crippen LogP) is 3.16. The highest BCUT2D eigenvalue weighted by Crippen LogP contribution is 2.18. The molecule has 0 aliphatic heterocycles. The normalized spacial score (nSPS) is 10.1. The molecule has 0 aliphatic rings. The van der Waals surface area contributed by atoms with Gasteiger partial charge in [-0.1, -0.05) is 36.4 Å². The summed E-state index contributed by atoms with van der Waals surface area (Å²) in [6, 6.07) is 18.2. The summed E-state index contributed by atoms with van der Waals surface area (Å²) in [7, 11) is 0. The van der Waals surface area contributed by atoms with Gasteiger partial charge in [-0.25, -0.2) is 4.79 Å². The van der Waals surface area contributed by atoms with Crippen molar-refractivity contribution in [2.24, 2.45) is 0 Å². The van der Waals surface area contributed by atoms with E-state index in [2.05, 4.69) is 10.2 Å². The van der Waals surface area contributed by atoms with Crippen LogP contribution in [0.3, 0.4) is 0 Å². The molecule has 0 amide bonds. The third kappa shape index (κ3) is 3.47. The molecule has 3 aromatic rings. The van der Waals surface area contributed by atoms with Crippen LogP contribution in [-0.2, 0) is 17.8 Å². The van der Waals surface area contributed by atoms with Crippen molar-refractivity contribution in [2.75, 3.05) is 0 Å². The molecule has 0 atom stereocenters. The summed E-state index contributed by atoms with van der Waals surface area (Å²) in [4.78, 5) is 12.2. The highest BCUT2D eigenvalue weighted by molar-refractivity contribution is 5.91. The van der Waals surface area contributed by atoms with Crippen LogP contribution in [-0.4, -0.2) is 16.2 Å². The average molecular weight is 319 g/mol. The lowest BCUT2D eigenvalue weighted by Gasteiger charge is -2.05. The molecule has 1 heterocycles. The Kier molecular flexibility index (Phi) is 4.63. The van der Waals surface area contributed by atoms with Crippen molar-refractivity contribution in [3.8, 4) is 17.5 Å². The van der Waals surface area contributed by atoms with Crippen LogP contribution in [0.2, 0.25) is 0 Å². The first-order chi connectivity index (χ1) is 11.8. The van der Waals surface area contributed by atoms with E-state index in [9.17, 15) is 4.79 Å².